The molecule has 2 N–H and O–H groups in total. The minimum atomic E-state index is 0.460. The van der Waals surface area contributed by atoms with Crippen molar-refractivity contribution in [2.24, 2.45) is 0 Å². The van der Waals surface area contributed by atoms with Crippen LogP contribution in [0.25, 0.3) is 11.2 Å². The van der Waals surface area contributed by atoms with E-state index < -0.39 is 0 Å². The Balaban J connectivity index is 2.49. The molecule has 0 spiro atoms. The van der Waals surface area contributed by atoms with E-state index in [-0.39, 0.29) is 0 Å². The van der Waals surface area contributed by atoms with Crippen molar-refractivity contribution in [3.63, 3.8) is 0 Å². The van der Waals surface area contributed by atoms with Crippen molar-refractivity contribution in [1.82, 2.24) is 15.0 Å². The number of hydrogen-bond donors (Lipinski definition) is 2. The second kappa shape index (κ2) is 3.22. The van der Waals surface area contributed by atoms with Gasteiger partial charge in [-0.2, -0.15) is 4.98 Å². The van der Waals surface area contributed by atoms with Crippen molar-refractivity contribution in [3.05, 3.63) is 17.3 Å². The summed E-state index contributed by atoms with van der Waals surface area (Å²) in [4.78, 5) is 11.3. The Labute approximate surface area is 80.3 Å². The molecule has 2 heterocycles. The number of nitrogens with one attached hydrogen (secondary N) is 2. The fourth-order valence-electron chi connectivity index (χ4n) is 1.12. The number of H-pyrrole nitrogens is 1. The summed E-state index contributed by atoms with van der Waals surface area (Å²) in [5.74, 6) is 0.729. The van der Waals surface area contributed by atoms with Gasteiger partial charge >= 0.3 is 0 Å². The molecule has 0 aliphatic carbocycles. The van der Waals surface area contributed by atoms with Gasteiger partial charge < -0.3 is 10.3 Å². The lowest BCUT2D eigenvalue weighted by Crippen LogP contribution is -1.97. The second-order valence-corrected chi connectivity index (χ2v) is 3.01. The maximum Gasteiger partial charge on any atom is 0.202 e. The van der Waals surface area contributed by atoms with E-state index in [1.807, 2.05) is 13.0 Å². The Morgan fingerprint density at radius 2 is 2.31 bits per heavy atom. The van der Waals surface area contributed by atoms with Crippen LogP contribution >= 0.6 is 11.6 Å². The highest BCUT2D eigenvalue weighted by molar-refractivity contribution is 6.29. The average molecular weight is 197 g/mol. The summed E-state index contributed by atoms with van der Waals surface area (Å²) in [6.07, 6.45) is 0. The van der Waals surface area contributed by atoms with Crippen molar-refractivity contribution in [1.29, 1.82) is 0 Å². The normalized spacial score (nSPS) is 10.6. The maximum absolute atomic E-state index is 5.72. The van der Waals surface area contributed by atoms with E-state index in [9.17, 15) is 0 Å². The lowest BCUT2D eigenvalue weighted by Gasteiger charge is -1.92. The third-order valence-corrected chi connectivity index (χ3v) is 1.87. The average Bonchev–Trinajstić information content (AvgIpc) is 2.46. The lowest BCUT2D eigenvalue weighted by molar-refractivity contribution is 1.14. The van der Waals surface area contributed by atoms with E-state index in [0.29, 0.717) is 10.8 Å². The van der Waals surface area contributed by atoms with E-state index in [4.69, 9.17) is 11.6 Å². The van der Waals surface area contributed by atoms with Crippen LogP contribution in [0, 0.1) is 0 Å². The third-order valence-electron chi connectivity index (χ3n) is 1.66. The fraction of sp³-hybridized carbons (Fsp3) is 0.250. The Morgan fingerprint density at radius 3 is 3.08 bits per heavy atom. The van der Waals surface area contributed by atoms with Crippen molar-refractivity contribution in [2.75, 3.05) is 11.9 Å². The largest absolute Gasteiger partial charge is 0.356 e. The van der Waals surface area contributed by atoms with Gasteiger partial charge in [-0.25, -0.2) is 4.98 Å². The predicted octanol–water partition coefficient (Wildman–Crippen LogP) is 2.04. The van der Waals surface area contributed by atoms with E-state index >= 15 is 0 Å². The van der Waals surface area contributed by atoms with Gasteiger partial charge in [0.25, 0.3) is 0 Å². The molecule has 2 rings (SSSR count). The van der Waals surface area contributed by atoms with Crippen molar-refractivity contribution in [3.8, 4) is 0 Å². The number of nitrogens with zero attached hydrogens (tertiary/aromatic N) is 2. The van der Waals surface area contributed by atoms with Crippen molar-refractivity contribution in [2.45, 2.75) is 6.92 Å². The minimum absolute atomic E-state index is 0.460. The minimum Gasteiger partial charge on any atom is -0.356 e. The summed E-state index contributed by atoms with van der Waals surface area (Å²) in [6, 6.07) is 3.59. The third kappa shape index (κ3) is 1.58. The SMILES string of the molecule is CCNc1nc2nc(Cl)ccc2[nH]1. The first-order valence-corrected chi connectivity index (χ1v) is 4.43. The van der Waals surface area contributed by atoms with Crippen LogP contribution in [0.15, 0.2) is 12.1 Å². The van der Waals surface area contributed by atoms with Crippen LogP contribution in [0.3, 0.4) is 0 Å². The molecule has 0 bridgehead atoms. The molecule has 0 atom stereocenters. The molecule has 0 saturated heterocycles. The lowest BCUT2D eigenvalue weighted by atomic mass is 10.4. The first kappa shape index (κ1) is 8.31. The van der Waals surface area contributed by atoms with E-state index in [1.165, 1.54) is 0 Å². The van der Waals surface area contributed by atoms with Gasteiger partial charge in [-0.05, 0) is 19.1 Å². The van der Waals surface area contributed by atoms with Gasteiger partial charge in [0, 0.05) is 6.54 Å². The molecule has 2 aromatic heterocycles. The van der Waals surface area contributed by atoms with Gasteiger partial charge in [0.1, 0.15) is 5.15 Å². The number of aromatic nitrogens is 3. The Hall–Kier alpha value is -1.29. The van der Waals surface area contributed by atoms with Gasteiger partial charge in [-0.3, -0.25) is 0 Å². The molecule has 0 amide bonds. The zero-order chi connectivity index (χ0) is 9.26. The summed E-state index contributed by atoms with van der Waals surface area (Å²) in [5, 5.41) is 3.53. The number of rotatable bonds is 2. The van der Waals surface area contributed by atoms with Crippen molar-refractivity contribution < 1.29 is 0 Å². The molecule has 0 unspecified atom stereocenters. The molecular weight excluding hydrogens is 188 g/mol. The van der Waals surface area contributed by atoms with Crippen LogP contribution in [0.1, 0.15) is 6.92 Å². The van der Waals surface area contributed by atoms with Crippen LogP contribution in [0.2, 0.25) is 5.15 Å². The van der Waals surface area contributed by atoms with Gasteiger partial charge in [0.15, 0.2) is 5.65 Å². The van der Waals surface area contributed by atoms with Gasteiger partial charge in [-0.15, -0.1) is 0 Å². The zero-order valence-corrected chi connectivity index (χ0v) is 7.89. The van der Waals surface area contributed by atoms with Gasteiger partial charge in [0.2, 0.25) is 5.95 Å². The van der Waals surface area contributed by atoms with E-state index in [2.05, 4.69) is 20.3 Å². The Bertz CT molecular complexity index is 423. The smallest absolute Gasteiger partial charge is 0.202 e. The van der Waals surface area contributed by atoms with Crippen LogP contribution in [-0.2, 0) is 0 Å². The van der Waals surface area contributed by atoms with Gasteiger partial charge in [-0.1, -0.05) is 11.6 Å². The molecule has 4 nitrogen and oxygen atoms in total. The molecule has 2 aromatic rings. The topological polar surface area (TPSA) is 53.6 Å². The van der Waals surface area contributed by atoms with E-state index in [0.717, 1.165) is 18.0 Å². The summed E-state index contributed by atoms with van der Waals surface area (Å²) in [6.45, 7) is 2.83. The molecule has 68 valence electrons. The number of aromatic amines is 1. The molecule has 0 aliphatic rings. The monoisotopic (exact) mass is 196 g/mol. The number of imidazole rings is 1. The molecule has 0 fully saturated rings. The van der Waals surface area contributed by atoms with Crippen LogP contribution in [0.4, 0.5) is 5.95 Å². The predicted molar refractivity (Wildman–Crippen MR) is 53.1 cm³/mol. The van der Waals surface area contributed by atoms with Crippen LogP contribution in [-0.4, -0.2) is 21.5 Å². The molecule has 0 aliphatic heterocycles. The highest BCUT2D eigenvalue weighted by Crippen LogP contribution is 2.14. The Kier molecular flexibility index (Phi) is 2.06. The molecule has 13 heavy (non-hydrogen) atoms. The molecule has 0 aromatic carbocycles. The molecule has 5 heteroatoms. The zero-order valence-electron chi connectivity index (χ0n) is 7.13. The van der Waals surface area contributed by atoms with Crippen LogP contribution in [0.5, 0.6) is 0 Å². The van der Waals surface area contributed by atoms with E-state index in [1.54, 1.807) is 6.07 Å². The number of pyridine rings is 1. The summed E-state index contributed by atoms with van der Waals surface area (Å²) >= 11 is 5.72. The summed E-state index contributed by atoms with van der Waals surface area (Å²) in [7, 11) is 0. The second-order valence-electron chi connectivity index (χ2n) is 2.62. The molecule has 0 saturated carbocycles. The standard InChI is InChI=1S/C8H9ClN4/c1-2-10-8-11-5-3-4-6(9)12-7(5)13-8/h3-4H,2H2,1H3,(H2,10,11,12,13). The number of halogens is 1. The number of fused-ring (bicyclic) bond motifs is 1. The van der Waals surface area contributed by atoms with Gasteiger partial charge in [0.05, 0.1) is 5.52 Å². The highest BCUT2D eigenvalue weighted by atomic mass is 35.5. The summed E-state index contributed by atoms with van der Waals surface area (Å²) in [5.41, 5.74) is 1.53. The molecular formula is C8H9ClN4. The Morgan fingerprint density at radius 1 is 1.46 bits per heavy atom. The van der Waals surface area contributed by atoms with Crippen LogP contribution < -0.4 is 5.32 Å². The first-order valence-electron chi connectivity index (χ1n) is 4.05. The summed E-state index contributed by atoms with van der Waals surface area (Å²) < 4.78 is 0. The number of anilines is 1. The maximum atomic E-state index is 5.72. The fourth-order valence-corrected chi connectivity index (χ4v) is 1.26. The van der Waals surface area contributed by atoms with Crippen molar-refractivity contribution >= 4 is 28.7 Å². The highest BCUT2D eigenvalue weighted by Gasteiger charge is 2.02. The molecule has 0 radical (unpaired) electrons. The quantitative estimate of drug-likeness (QED) is 0.723. The first-order chi connectivity index (χ1) is 6.29. The number of hydrogen-bond acceptors (Lipinski definition) is 3.